The van der Waals surface area contributed by atoms with Crippen LogP contribution >= 0.6 is 11.8 Å². The van der Waals surface area contributed by atoms with Crippen molar-refractivity contribution < 1.29 is 0 Å². The van der Waals surface area contributed by atoms with Gasteiger partial charge in [0.15, 0.2) is 0 Å². The predicted octanol–water partition coefficient (Wildman–Crippen LogP) is 4.56. The van der Waals surface area contributed by atoms with Crippen molar-refractivity contribution in [3.05, 3.63) is 115 Å². The highest BCUT2D eigenvalue weighted by molar-refractivity contribution is 7.99. The summed E-state index contributed by atoms with van der Waals surface area (Å²) in [5, 5.41) is 6.49. The van der Waals surface area contributed by atoms with Crippen LogP contribution in [0.5, 0.6) is 0 Å². The minimum Gasteiger partial charge on any atom is -0.397 e. The van der Waals surface area contributed by atoms with Gasteiger partial charge >= 0.3 is 0 Å². The van der Waals surface area contributed by atoms with E-state index in [0.717, 1.165) is 40.5 Å². The van der Waals surface area contributed by atoms with Crippen LogP contribution in [0.15, 0.2) is 102 Å². The van der Waals surface area contributed by atoms with Crippen LogP contribution in [0, 0.1) is 0 Å². The Hall–Kier alpha value is -3.51. The van der Waals surface area contributed by atoms with Crippen molar-refractivity contribution in [3.8, 4) is 0 Å². The normalized spacial score (nSPS) is 15.4. The molecule has 1 aliphatic heterocycles. The van der Waals surface area contributed by atoms with E-state index in [2.05, 4.69) is 64.6 Å². The molecule has 0 bridgehead atoms. The zero-order valence-electron chi connectivity index (χ0n) is 17.3. The summed E-state index contributed by atoms with van der Waals surface area (Å²) in [5.41, 5.74) is 11.5. The lowest BCUT2D eigenvalue weighted by atomic mass is 10.0. The molecule has 3 heterocycles. The molecule has 0 saturated carbocycles. The number of pyridine rings is 2. The maximum atomic E-state index is 5.75. The summed E-state index contributed by atoms with van der Waals surface area (Å²) in [6.45, 7) is 11.8. The fraction of sp³-hybridized carbons (Fsp3) is 0.120. The summed E-state index contributed by atoms with van der Waals surface area (Å²) < 4.78 is 0. The molecular weight excluding hydrogens is 402 g/mol. The molecule has 0 amide bonds. The monoisotopic (exact) mass is 427 g/mol. The standard InChI is InChI=1S/C25H25N5S/c1-16(26)23-14-20(10-13-28-23)5-4-19-6-8-21(9-7-19)31-24-15-27-12-11-22(24)25-17(2)29-18(3)30-25/h6-15,25,29-30H,1-5,26H2. The number of nitrogens with two attached hydrogens (primary N) is 1. The van der Waals surface area contributed by atoms with Crippen molar-refractivity contribution in [3.63, 3.8) is 0 Å². The molecule has 4 rings (SSSR count). The fourth-order valence-electron chi connectivity index (χ4n) is 3.49. The lowest BCUT2D eigenvalue weighted by Crippen LogP contribution is -2.13. The third-order valence-electron chi connectivity index (χ3n) is 5.11. The molecule has 1 saturated heterocycles. The van der Waals surface area contributed by atoms with Crippen molar-refractivity contribution in [2.24, 2.45) is 5.73 Å². The Morgan fingerprint density at radius 3 is 2.52 bits per heavy atom. The molecule has 1 aliphatic rings. The first-order valence-electron chi connectivity index (χ1n) is 10.0. The van der Waals surface area contributed by atoms with Gasteiger partial charge in [0.2, 0.25) is 0 Å². The van der Waals surface area contributed by atoms with Crippen molar-refractivity contribution in [1.82, 2.24) is 20.6 Å². The fourth-order valence-corrected chi connectivity index (χ4v) is 4.43. The first-order valence-corrected chi connectivity index (χ1v) is 10.8. The van der Waals surface area contributed by atoms with Gasteiger partial charge in [-0.3, -0.25) is 9.97 Å². The second-order valence-corrected chi connectivity index (χ2v) is 8.56. The second-order valence-electron chi connectivity index (χ2n) is 7.44. The van der Waals surface area contributed by atoms with Gasteiger partial charge in [-0.15, -0.1) is 0 Å². The molecule has 3 aromatic rings. The van der Waals surface area contributed by atoms with Crippen LogP contribution in [0.1, 0.15) is 28.4 Å². The molecule has 4 N–H and O–H groups in total. The maximum absolute atomic E-state index is 5.75. The first kappa shape index (κ1) is 20.8. The second kappa shape index (κ2) is 9.10. The van der Waals surface area contributed by atoms with Crippen molar-refractivity contribution in [2.45, 2.75) is 28.7 Å². The van der Waals surface area contributed by atoms with E-state index in [1.165, 1.54) is 16.0 Å². The summed E-state index contributed by atoms with van der Waals surface area (Å²) in [5.74, 6) is 0.768. The molecule has 5 nitrogen and oxygen atoms in total. The Balaban J connectivity index is 1.43. The van der Waals surface area contributed by atoms with Crippen molar-refractivity contribution >= 4 is 17.5 Å². The maximum Gasteiger partial charge on any atom is 0.0963 e. The summed E-state index contributed by atoms with van der Waals surface area (Å²) in [7, 11) is 0. The summed E-state index contributed by atoms with van der Waals surface area (Å²) in [4.78, 5) is 10.8. The van der Waals surface area contributed by atoms with Crippen LogP contribution in [0.4, 0.5) is 0 Å². The average Bonchev–Trinajstić information content (AvgIpc) is 3.11. The van der Waals surface area contributed by atoms with E-state index in [4.69, 9.17) is 5.73 Å². The topological polar surface area (TPSA) is 75.9 Å². The number of rotatable bonds is 7. The third-order valence-corrected chi connectivity index (χ3v) is 6.18. The highest BCUT2D eigenvalue weighted by Crippen LogP contribution is 2.36. The smallest absolute Gasteiger partial charge is 0.0963 e. The Morgan fingerprint density at radius 1 is 1.03 bits per heavy atom. The number of nitrogens with zero attached hydrogens (tertiary/aromatic N) is 2. The molecule has 0 radical (unpaired) electrons. The molecule has 6 heteroatoms. The van der Waals surface area contributed by atoms with Crippen LogP contribution in [0.2, 0.25) is 0 Å². The Labute approximate surface area is 187 Å². The quantitative estimate of drug-likeness (QED) is 0.513. The number of hydrogen-bond acceptors (Lipinski definition) is 6. The number of aryl methyl sites for hydroxylation is 2. The van der Waals surface area contributed by atoms with Gasteiger partial charge in [0.05, 0.1) is 23.3 Å². The first-order chi connectivity index (χ1) is 15.0. The largest absolute Gasteiger partial charge is 0.397 e. The Morgan fingerprint density at radius 2 is 1.81 bits per heavy atom. The Bertz CT molecular complexity index is 1140. The zero-order valence-corrected chi connectivity index (χ0v) is 18.1. The molecule has 1 fully saturated rings. The van der Waals surface area contributed by atoms with Gasteiger partial charge in [-0.05, 0) is 59.9 Å². The Kier molecular flexibility index (Phi) is 6.09. The molecule has 1 atom stereocenters. The minimum atomic E-state index is -0.00729. The lowest BCUT2D eigenvalue weighted by Gasteiger charge is -2.15. The average molecular weight is 428 g/mol. The summed E-state index contributed by atoms with van der Waals surface area (Å²) >= 11 is 1.70. The molecule has 0 spiro atoms. The van der Waals surface area contributed by atoms with Crippen molar-refractivity contribution in [1.29, 1.82) is 0 Å². The van der Waals surface area contributed by atoms with E-state index in [0.29, 0.717) is 5.70 Å². The number of nitrogens with one attached hydrogen (secondary N) is 2. The van der Waals surface area contributed by atoms with Gasteiger partial charge in [0.25, 0.3) is 0 Å². The van der Waals surface area contributed by atoms with Crippen LogP contribution in [0.3, 0.4) is 0 Å². The third kappa shape index (κ3) is 4.98. The van der Waals surface area contributed by atoms with E-state index >= 15 is 0 Å². The molecular formula is C25H25N5S. The van der Waals surface area contributed by atoms with Gasteiger partial charge in [-0.1, -0.05) is 43.6 Å². The summed E-state index contributed by atoms with van der Waals surface area (Å²) in [6.07, 6.45) is 7.36. The molecule has 0 aliphatic carbocycles. The van der Waals surface area contributed by atoms with E-state index in [1.54, 1.807) is 18.0 Å². The van der Waals surface area contributed by atoms with Crippen LogP contribution in [-0.4, -0.2) is 9.97 Å². The SMILES string of the molecule is C=C1NC(=C)C(c2ccncc2Sc2ccc(CCc3ccnc(C(=C)N)c3)cc2)N1. The van der Waals surface area contributed by atoms with Gasteiger partial charge in [-0.2, -0.15) is 0 Å². The molecule has 156 valence electrons. The zero-order chi connectivity index (χ0) is 21.8. The molecule has 1 aromatic carbocycles. The lowest BCUT2D eigenvalue weighted by molar-refractivity contribution is 0.740. The molecule has 2 aromatic heterocycles. The van der Waals surface area contributed by atoms with Gasteiger partial charge in [0.1, 0.15) is 0 Å². The number of benzene rings is 1. The number of hydrogen-bond donors (Lipinski definition) is 3. The predicted molar refractivity (Wildman–Crippen MR) is 127 cm³/mol. The van der Waals surface area contributed by atoms with Gasteiger partial charge in [0, 0.05) is 34.1 Å². The van der Waals surface area contributed by atoms with E-state index in [1.807, 2.05) is 30.6 Å². The highest BCUT2D eigenvalue weighted by atomic mass is 32.2. The van der Waals surface area contributed by atoms with Crippen molar-refractivity contribution in [2.75, 3.05) is 0 Å². The van der Waals surface area contributed by atoms with Crippen LogP contribution in [-0.2, 0) is 12.8 Å². The van der Waals surface area contributed by atoms with E-state index in [-0.39, 0.29) is 6.04 Å². The minimum absolute atomic E-state index is 0.00729. The summed E-state index contributed by atoms with van der Waals surface area (Å²) in [6, 6.07) is 14.7. The van der Waals surface area contributed by atoms with Gasteiger partial charge in [-0.25, -0.2) is 0 Å². The van der Waals surface area contributed by atoms with Crippen LogP contribution in [0.25, 0.3) is 5.70 Å². The van der Waals surface area contributed by atoms with E-state index < -0.39 is 0 Å². The van der Waals surface area contributed by atoms with Gasteiger partial charge < -0.3 is 16.4 Å². The number of aromatic nitrogens is 2. The highest BCUT2D eigenvalue weighted by Gasteiger charge is 2.24. The molecule has 31 heavy (non-hydrogen) atoms. The van der Waals surface area contributed by atoms with E-state index in [9.17, 15) is 0 Å². The van der Waals surface area contributed by atoms with Crippen LogP contribution < -0.4 is 16.4 Å². The molecule has 1 unspecified atom stereocenters.